The summed E-state index contributed by atoms with van der Waals surface area (Å²) in [5.41, 5.74) is 3.76. The van der Waals surface area contributed by atoms with Gasteiger partial charge in [0.2, 0.25) is 5.78 Å². The van der Waals surface area contributed by atoms with Gasteiger partial charge in [0.15, 0.2) is 0 Å². The van der Waals surface area contributed by atoms with E-state index >= 15 is 0 Å². The predicted molar refractivity (Wildman–Crippen MR) is 122 cm³/mol. The molecule has 0 saturated heterocycles. The smallest absolute Gasteiger partial charge is 0.340 e. The van der Waals surface area contributed by atoms with Crippen LogP contribution in [0.15, 0.2) is 72.9 Å². The zero-order chi connectivity index (χ0) is 22.0. The molecule has 156 valence electrons. The summed E-state index contributed by atoms with van der Waals surface area (Å²) in [7, 11) is 0. The third-order valence-electron chi connectivity index (χ3n) is 4.99. The van der Waals surface area contributed by atoms with E-state index in [4.69, 9.17) is 27.9 Å². The Morgan fingerprint density at radius 1 is 0.903 bits per heavy atom. The fourth-order valence-corrected chi connectivity index (χ4v) is 4.04. The van der Waals surface area contributed by atoms with Gasteiger partial charge in [-0.2, -0.15) is 0 Å². The van der Waals surface area contributed by atoms with Gasteiger partial charge >= 0.3 is 5.97 Å². The van der Waals surface area contributed by atoms with Crippen LogP contribution >= 0.6 is 23.2 Å². The van der Waals surface area contributed by atoms with Crippen molar-refractivity contribution in [3.8, 4) is 0 Å². The Morgan fingerprint density at radius 3 is 2.39 bits per heavy atom. The van der Waals surface area contributed by atoms with Crippen LogP contribution in [0.3, 0.4) is 0 Å². The molecule has 6 heteroatoms. The lowest BCUT2D eigenvalue weighted by atomic mass is 10.1. The van der Waals surface area contributed by atoms with Gasteiger partial charge in [-0.1, -0.05) is 53.5 Å². The first-order valence-electron chi connectivity index (χ1n) is 9.82. The van der Waals surface area contributed by atoms with Gasteiger partial charge in [0.1, 0.15) is 0 Å². The molecule has 0 saturated carbocycles. The first kappa shape index (κ1) is 21.2. The summed E-state index contributed by atoms with van der Waals surface area (Å²) < 4.78 is 6.93. The second-order valence-electron chi connectivity index (χ2n) is 7.07. The third-order valence-corrected chi connectivity index (χ3v) is 5.54. The van der Waals surface area contributed by atoms with Crippen LogP contribution in [0.25, 0.3) is 5.52 Å². The molecule has 4 rings (SSSR count). The van der Waals surface area contributed by atoms with Crippen molar-refractivity contribution >= 4 is 40.5 Å². The average Bonchev–Trinajstić information content (AvgIpc) is 3.13. The molecular formula is C25H19Cl2NO3. The van der Waals surface area contributed by atoms with E-state index in [1.807, 2.05) is 42.5 Å². The van der Waals surface area contributed by atoms with E-state index in [-0.39, 0.29) is 17.4 Å². The molecule has 0 atom stereocenters. The number of aromatic nitrogens is 1. The van der Waals surface area contributed by atoms with Gasteiger partial charge in [-0.25, -0.2) is 4.79 Å². The van der Waals surface area contributed by atoms with Crippen molar-refractivity contribution < 1.29 is 14.3 Å². The standard InChI is InChI=1S/C25H19Cl2NO3/c1-2-31-25(30)20-15-23(24(29)19-9-8-18(26)14-21(19)27)28-11-10-17(13-22(20)28)12-16-6-4-3-5-7-16/h3-11,13-15H,2,12H2,1H3. The zero-order valence-corrected chi connectivity index (χ0v) is 18.3. The summed E-state index contributed by atoms with van der Waals surface area (Å²) in [5, 5.41) is 0.699. The van der Waals surface area contributed by atoms with E-state index in [0.29, 0.717) is 33.8 Å². The van der Waals surface area contributed by atoms with Crippen LogP contribution in [0.1, 0.15) is 44.5 Å². The van der Waals surface area contributed by atoms with Crippen LogP contribution in [-0.2, 0) is 11.2 Å². The Hall–Kier alpha value is -3.08. The number of halogens is 2. The summed E-state index contributed by atoms with van der Waals surface area (Å²) in [6, 6.07) is 20.2. The predicted octanol–water partition coefficient (Wildman–Crippen LogP) is 6.24. The molecule has 0 spiro atoms. The largest absolute Gasteiger partial charge is 0.462 e. The minimum absolute atomic E-state index is 0.242. The number of hydrogen-bond donors (Lipinski definition) is 0. The Bertz CT molecular complexity index is 1280. The minimum atomic E-state index is -0.474. The molecule has 2 heterocycles. The summed E-state index contributed by atoms with van der Waals surface area (Å²) in [6.07, 6.45) is 2.50. The van der Waals surface area contributed by atoms with E-state index < -0.39 is 5.97 Å². The van der Waals surface area contributed by atoms with Crippen molar-refractivity contribution in [3.63, 3.8) is 0 Å². The van der Waals surface area contributed by atoms with E-state index in [1.165, 1.54) is 6.07 Å². The monoisotopic (exact) mass is 451 g/mol. The number of carbonyl (C=O) groups is 2. The first-order chi connectivity index (χ1) is 15.0. The van der Waals surface area contributed by atoms with Gasteiger partial charge in [-0.3, -0.25) is 4.79 Å². The van der Waals surface area contributed by atoms with Crippen molar-refractivity contribution in [3.05, 3.63) is 111 Å². The first-order valence-corrected chi connectivity index (χ1v) is 10.6. The fourth-order valence-electron chi connectivity index (χ4n) is 3.54. The Labute approximate surface area is 190 Å². The van der Waals surface area contributed by atoms with Crippen molar-refractivity contribution in [2.75, 3.05) is 6.61 Å². The van der Waals surface area contributed by atoms with Crippen molar-refractivity contribution in [2.45, 2.75) is 13.3 Å². The number of pyridine rings is 1. The van der Waals surface area contributed by atoms with Gasteiger partial charge in [-0.05, 0) is 60.9 Å². The highest BCUT2D eigenvalue weighted by atomic mass is 35.5. The lowest BCUT2D eigenvalue weighted by Crippen LogP contribution is -2.06. The molecule has 31 heavy (non-hydrogen) atoms. The highest BCUT2D eigenvalue weighted by Crippen LogP contribution is 2.27. The molecule has 0 aliphatic heterocycles. The number of nitrogens with zero attached hydrogens (tertiary/aromatic N) is 1. The lowest BCUT2D eigenvalue weighted by molar-refractivity contribution is 0.0529. The number of benzene rings is 2. The number of esters is 1. The van der Waals surface area contributed by atoms with Crippen LogP contribution in [0.2, 0.25) is 10.0 Å². The lowest BCUT2D eigenvalue weighted by Gasteiger charge is -2.07. The number of carbonyl (C=O) groups excluding carboxylic acids is 2. The van der Waals surface area contributed by atoms with Crippen molar-refractivity contribution in [1.29, 1.82) is 0 Å². The van der Waals surface area contributed by atoms with Gasteiger partial charge < -0.3 is 9.14 Å². The van der Waals surface area contributed by atoms with Crippen LogP contribution in [0.5, 0.6) is 0 Å². The summed E-state index contributed by atoms with van der Waals surface area (Å²) in [4.78, 5) is 25.9. The Balaban J connectivity index is 1.82. The molecule has 0 fully saturated rings. The molecule has 0 bridgehead atoms. The summed E-state index contributed by atoms with van der Waals surface area (Å²) in [6.45, 7) is 1.99. The molecule has 2 aromatic carbocycles. The molecule has 0 N–H and O–H groups in total. The average molecular weight is 452 g/mol. The minimum Gasteiger partial charge on any atom is -0.462 e. The molecular weight excluding hydrogens is 433 g/mol. The topological polar surface area (TPSA) is 47.8 Å². The number of rotatable bonds is 6. The quantitative estimate of drug-likeness (QED) is 0.257. The SMILES string of the molecule is CCOC(=O)c1cc(C(=O)c2ccc(Cl)cc2Cl)n2ccc(Cc3ccccc3)cc12. The number of ether oxygens (including phenoxy) is 1. The van der Waals surface area contributed by atoms with E-state index in [0.717, 1.165) is 11.1 Å². The van der Waals surface area contributed by atoms with Gasteiger partial charge in [0.05, 0.1) is 28.4 Å². The maximum absolute atomic E-state index is 13.3. The van der Waals surface area contributed by atoms with E-state index in [1.54, 1.807) is 35.7 Å². The van der Waals surface area contributed by atoms with Gasteiger partial charge in [0, 0.05) is 16.8 Å². The molecule has 4 aromatic rings. The molecule has 2 aromatic heterocycles. The van der Waals surface area contributed by atoms with Crippen LogP contribution in [0, 0.1) is 0 Å². The second-order valence-corrected chi connectivity index (χ2v) is 7.91. The molecule has 4 nitrogen and oxygen atoms in total. The number of fused-ring (bicyclic) bond motifs is 1. The Morgan fingerprint density at radius 2 is 1.68 bits per heavy atom. The number of ketones is 1. The van der Waals surface area contributed by atoms with Crippen LogP contribution in [0.4, 0.5) is 0 Å². The van der Waals surface area contributed by atoms with Crippen molar-refractivity contribution in [2.24, 2.45) is 0 Å². The maximum Gasteiger partial charge on any atom is 0.340 e. The van der Waals surface area contributed by atoms with E-state index in [9.17, 15) is 9.59 Å². The maximum atomic E-state index is 13.3. The second kappa shape index (κ2) is 8.96. The highest BCUT2D eigenvalue weighted by molar-refractivity contribution is 6.37. The zero-order valence-electron chi connectivity index (χ0n) is 16.8. The molecule has 0 aliphatic rings. The molecule has 0 amide bonds. The van der Waals surface area contributed by atoms with Crippen LogP contribution in [-0.4, -0.2) is 22.8 Å². The highest BCUT2D eigenvalue weighted by Gasteiger charge is 2.23. The van der Waals surface area contributed by atoms with Crippen LogP contribution < -0.4 is 0 Å². The molecule has 0 unspecified atom stereocenters. The summed E-state index contributed by atoms with van der Waals surface area (Å²) >= 11 is 12.2. The van der Waals surface area contributed by atoms with Crippen molar-refractivity contribution in [1.82, 2.24) is 4.40 Å². The normalized spacial score (nSPS) is 10.9. The van der Waals surface area contributed by atoms with Gasteiger partial charge in [0.25, 0.3) is 0 Å². The fraction of sp³-hybridized carbons (Fsp3) is 0.120. The van der Waals surface area contributed by atoms with Gasteiger partial charge in [-0.15, -0.1) is 0 Å². The Kier molecular flexibility index (Phi) is 6.12. The summed E-state index contributed by atoms with van der Waals surface area (Å²) in [5.74, 6) is -0.777. The molecule has 0 radical (unpaired) electrons. The van der Waals surface area contributed by atoms with E-state index in [2.05, 4.69) is 0 Å². The number of hydrogen-bond acceptors (Lipinski definition) is 3. The molecule has 0 aliphatic carbocycles. The third kappa shape index (κ3) is 4.36.